The molecule has 98 valence electrons. The lowest BCUT2D eigenvalue weighted by Crippen LogP contribution is -2.25. The third kappa shape index (κ3) is 2.96. The lowest BCUT2D eigenvalue weighted by Gasteiger charge is -2.18. The molecule has 0 aromatic carbocycles. The zero-order valence-electron chi connectivity index (χ0n) is 10.5. The number of halogens is 2. The SMILES string of the molecule is CC(C)C1CC(=O)N(Cc2cnc(Cl)cc2Cl)C1. The van der Waals surface area contributed by atoms with E-state index < -0.39 is 0 Å². The predicted molar refractivity (Wildman–Crippen MR) is 72.6 cm³/mol. The molecule has 2 heterocycles. The molecule has 0 bridgehead atoms. The summed E-state index contributed by atoms with van der Waals surface area (Å²) in [6.07, 6.45) is 2.27. The molecule has 1 aromatic rings. The molecule has 1 fully saturated rings. The molecule has 2 rings (SSSR count). The molecule has 0 aliphatic carbocycles. The fourth-order valence-corrected chi connectivity index (χ4v) is 2.59. The van der Waals surface area contributed by atoms with Gasteiger partial charge >= 0.3 is 0 Å². The smallest absolute Gasteiger partial charge is 0.223 e. The molecular formula is C13H16Cl2N2O. The first-order valence-electron chi connectivity index (χ1n) is 6.05. The molecule has 0 spiro atoms. The van der Waals surface area contributed by atoms with Gasteiger partial charge in [-0.3, -0.25) is 4.79 Å². The summed E-state index contributed by atoms with van der Waals surface area (Å²) in [5.41, 5.74) is 0.846. The van der Waals surface area contributed by atoms with Crippen molar-refractivity contribution in [1.29, 1.82) is 0 Å². The lowest BCUT2D eigenvalue weighted by atomic mass is 9.95. The summed E-state index contributed by atoms with van der Waals surface area (Å²) in [6, 6.07) is 1.61. The molecule has 1 aromatic heterocycles. The second-order valence-electron chi connectivity index (χ2n) is 5.08. The Balaban J connectivity index is 2.08. The maximum Gasteiger partial charge on any atom is 0.223 e. The first-order chi connectivity index (χ1) is 8.47. The van der Waals surface area contributed by atoms with Gasteiger partial charge in [-0.15, -0.1) is 0 Å². The van der Waals surface area contributed by atoms with Crippen LogP contribution in [-0.4, -0.2) is 22.3 Å². The number of carbonyl (C=O) groups is 1. The highest BCUT2D eigenvalue weighted by Crippen LogP contribution is 2.28. The zero-order valence-corrected chi connectivity index (χ0v) is 12.0. The van der Waals surface area contributed by atoms with Crippen LogP contribution in [0.15, 0.2) is 12.3 Å². The van der Waals surface area contributed by atoms with E-state index in [9.17, 15) is 4.79 Å². The van der Waals surface area contributed by atoms with Crippen LogP contribution >= 0.6 is 23.2 Å². The van der Waals surface area contributed by atoms with Crippen LogP contribution in [0.3, 0.4) is 0 Å². The van der Waals surface area contributed by atoms with Gasteiger partial charge in [-0.2, -0.15) is 0 Å². The Morgan fingerprint density at radius 2 is 2.22 bits per heavy atom. The molecular weight excluding hydrogens is 271 g/mol. The van der Waals surface area contributed by atoms with Gasteiger partial charge in [0.1, 0.15) is 5.15 Å². The summed E-state index contributed by atoms with van der Waals surface area (Å²) in [7, 11) is 0. The Morgan fingerprint density at radius 1 is 1.50 bits per heavy atom. The van der Waals surface area contributed by atoms with Crippen molar-refractivity contribution in [1.82, 2.24) is 9.88 Å². The maximum atomic E-state index is 11.9. The van der Waals surface area contributed by atoms with Gasteiger partial charge in [-0.25, -0.2) is 4.98 Å². The average Bonchev–Trinajstić information content (AvgIpc) is 2.64. The van der Waals surface area contributed by atoms with E-state index in [1.807, 2.05) is 4.90 Å². The molecule has 1 aliphatic rings. The van der Waals surface area contributed by atoms with Crippen molar-refractivity contribution >= 4 is 29.1 Å². The fraction of sp³-hybridized carbons (Fsp3) is 0.538. The molecule has 1 amide bonds. The number of hydrogen-bond acceptors (Lipinski definition) is 2. The number of pyridine rings is 1. The number of aromatic nitrogens is 1. The molecule has 1 atom stereocenters. The van der Waals surface area contributed by atoms with Gasteiger partial charge in [-0.05, 0) is 17.9 Å². The molecule has 0 radical (unpaired) electrons. The van der Waals surface area contributed by atoms with E-state index in [4.69, 9.17) is 23.2 Å². The number of hydrogen-bond donors (Lipinski definition) is 0. The standard InChI is InChI=1S/C13H16Cl2N2O/c1-8(2)9-3-13(18)17(6-9)7-10-5-16-12(15)4-11(10)14/h4-5,8-9H,3,6-7H2,1-2H3. The van der Waals surface area contributed by atoms with Crippen LogP contribution in [-0.2, 0) is 11.3 Å². The maximum absolute atomic E-state index is 11.9. The molecule has 1 unspecified atom stereocenters. The van der Waals surface area contributed by atoms with Gasteiger partial charge in [0.15, 0.2) is 0 Å². The Morgan fingerprint density at radius 3 is 2.78 bits per heavy atom. The third-order valence-corrected chi connectivity index (χ3v) is 4.00. The van der Waals surface area contributed by atoms with Gasteiger partial charge in [0.25, 0.3) is 0 Å². The number of likely N-dealkylation sites (tertiary alicyclic amines) is 1. The summed E-state index contributed by atoms with van der Waals surface area (Å²) in [4.78, 5) is 17.8. The van der Waals surface area contributed by atoms with Crippen LogP contribution in [0.1, 0.15) is 25.8 Å². The van der Waals surface area contributed by atoms with Gasteiger partial charge in [0.2, 0.25) is 5.91 Å². The molecule has 18 heavy (non-hydrogen) atoms. The molecule has 5 heteroatoms. The highest BCUT2D eigenvalue weighted by Gasteiger charge is 2.31. The number of amides is 1. The minimum atomic E-state index is 0.194. The topological polar surface area (TPSA) is 33.2 Å². The number of nitrogens with zero attached hydrogens (tertiary/aromatic N) is 2. The van der Waals surface area contributed by atoms with Crippen LogP contribution in [0.2, 0.25) is 10.2 Å². The normalized spacial score (nSPS) is 19.9. The van der Waals surface area contributed by atoms with Crippen molar-refractivity contribution in [3.63, 3.8) is 0 Å². The minimum Gasteiger partial charge on any atom is -0.338 e. The number of rotatable bonds is 3. The molecule has 0 saturated carbocycles. The summed E-state index contributed by atoms with van der Waals surface area (Å²) in [5.74, 6) is 1.16. The molecule has 3 nitrogen and oxygen atoms in total. The van der Waals surface area contributed by atoms with E-state index in [1.54, 1.807) is 12.3 Å². The highest BCUT2D eigenvalue weighted by molar-refractivity contribution is 6.34. The van der Waals surface area contributed by atoms with Gasteiger partial charge < -0.3 is 4.90 Å². The van der Waals surface area contributed by atoms with Crippen molar-refractivity contribution < 1.29 is 4.79 Å². The second kappa shape index (κ2) is 5.45. The van der Waals surface area contributed by atoms with Crippen LogP contribution < -0.4 is 0 Å². The van der Waals surface area contributed by atoms with Crippen LogP contribution in [0, 0.1) is 11.8 Å². The van der Waals surface area contributed by atoms with Gasteiger partial charge in [0, 0.05) is 31.3 Å². The average molecular weight is 287 g/mol. The quantitative estimate of drug-likeness (QED) is 0.798. The van der Waals surface area contributed by atoms with Crippen molar-refractivity contribution in [2.75, 3.05) is 6.54 Å². The largest absolute Gasteiger partial charge is 0.338 e. The molecule has 1 aliphatic heterocycles. The van der Waals surface area contributed by atoms with Crippen molar-refractivity contribution in [3.05, 3.63) is 28.0 Å². The van der Waals surface area contributed by atoms with E-state index in [0.29, 0.717) is 35.0 Å². The molecule has 1 saturated heterocycles. The van der Waals surface area contributed by atoms with E-state index in [-0.39, 0.29) is 5.91 Å². The van der Waals surface area contributed by atoms with Crippen LogP contribution in [0.5, 0.6) is 0 Å². The first-order valence-corrected chi connectivity index (χ1v) is 6.80. The summed E-state index contributed by atoms with van der Waals surface area (Å²) in [6.45, 7) is 5.62. The fourth-order valence-electron chi connectivity index (χ4n) is 2.16. The van der Waals surface area contributed by atoms with Crippen LogP contribution in [0.4, 0.5) is 0 Å². The Kier molecular flexibility index (Phi) is 4.13. The summed E-state index contributed by atoms with van der Waals surface area (Å²) in [5, 5.41) is 0.937. The van der Waals surface area contributed by atoms with E-state index in [2.05, 4.69) is 18.8 Å². The predicted octanol–water partition coefficient (Wildman–Crippen LogP) is 3.39. The second-order valence-corrected chi connectivity index (χ2v) is 5.88. The van der Waals surface area contributed by atoms with Gasteiger partial charge in [0.05, 0.1) is 5.02 Å². The summed E-state index contributed by atoms with van der Waals surface area (Å²) < 4.78 is 0. The first kappa shape index (κ1) is 13.6. The van der Waals surface area contributed by atoms with Crippen LogP contribution in [0.25, 0.3) is 0 Å². The van der Waals surface area contributed by atoms with Crippen molar-refractivity contribution in [3.8, 4) is 0 Å². The lowest BCUT2D eigenvalue weighted by molar-refractivity contribution is -0.128. The number of carbonyl (C=O) groups excluding carboxylic acids is 1. The third-order valence-electron chi connectivity index (χ3n) is 3.44. The molecule has 0 N–H and O–H groups in total. The minimum absolute atomic E-state index is 0.194. The van der Waals surface area contributed by atoms with E-state index in [1.165, 1.54) is 0 Å². The monoisotopic (exact) mass is 286 g/mol. The Bertz CT molecular complexity index is 462. The van der Waals surface area contributed by atoms with E-state index in [0.717, 1.165) is 12.1 Å². The highest BCUT2D eigenvalue weighted by atomic mass is 35.5. The van der Waals surface area contributed by atoms with E-state index >= 15 is 0 Å². The van der Waals surface area contributed by atoms with Crippen molar-refractivity contribution in [2.45, 2.75) is 26.8 Å². The van der Waals surface area contributed by atoms with Crippen molar-refractivity contribution in [2.24, 2.45) is 11.8 Å². The Labute approximate surface area is 117 Å². The Hall–Kier alpha value is -0.800. The zero-order chi connectivity index (χ0) is 13.3. The van der Waals surface area contributed by atoms with Gasteiger partial charge in [-0.1, -0.05) is 37.0 Å². The summed E-state index contributed by atoms with van der Waals surface area (Å²) >= 11 is 11.8.